The maximum absolute atomic E-state index is 13.6. The van der Waals surface area contributed by atoms with E-state index in [1.807, 2.05) is 44.2 Å². The van der Waals surface area contributed by atoms with Gasteiger partial charge in [0.2, 0.25) is 17.7 Å². The number of likely N-dealkylation sites (tertiary alicyclic amines) is 1. The Balaban J connectivity index is 1.44. The summed E-state index contributed by atoms with van der Waals surface area (Å²) in [5.74, 6) is -1.73. The summed E-state index contributed by atoms with van der Waals surface area (Å²) in [5, 5.41) is 17.0. The molecular weight excluding hydrogens is 502 g/mol. The van der Waals surface area contributed by atoms with Gasteiger partial charge in [0.1, 0.15) is 29.9 Å². The van der Waals surface area contributed by atoms with E-state index in [4.69, 9.17) is 4.74 Å². The first-order valence-electron chi connectivity index (χ1n) is 13.6. The van der Waals surface area contributed by atoms with E-state index < -0.39 is 36.0 Å². The summed E-state index contributed by atoms with van der Waals surface area (Å²) < 4.78 is 7.27. The first kappa shape index (κ1) is 26.8. The molecule has 39 heavy (non-hydrogen) atoms. The number of fused-ring (bicyclic) bond motifs is 5. The Morgan fingerprint density at radius 2 is 1.90 bits per heavy atom. The maximum Gasteiger partial charge on any atom is 0.252 e. The van der Waals surface area contributed by atoms with Gasteiger partial charge in [0.25, 0.3) is 5.91 Å². The lowest BCUT2D eigenvalue weighted by molar-refractivity contribution is -0.146. The molecule has 1 aromatic heterocycles. The molecular formula is C27H35N7O5. The van der Waals surface area contributed by atoms with Crippen molar-refractivity contribution >= 4 is 23.6 Å². The van der Waals surface area contributed by atoms with Crippen molar-refractivity contribution in [2.75, 3.05) is 13.2 Å². The minimum absolute atomic E-state index is 0.124. The molecule has 3 aliphatic heterocycles. The molecule has 208 valence electrons. The number of ether oxygens (including phenoxy) is 1. The van der Waals surface area contributed by atoms with E-state index in [-0.39, 0.29) is 43.3 Å². The Kier molecular flexibility index (Phi) is 7.92. The van der Waals surface area contributed by atoms with Crippen LogP contribution in [0.1, 0.15) is 50.4 Å². The number of nitrogens with zero attached hydrogens (tertiary/aromatic N) is 4. The molecule has 0 unspecified atom stereocenters. The highest BCUT2D eigenvalue weighted by molar-refractivity contribution is 5.95. The fourth-order valence-electron chi connectivity index (χ4n) is 5.43. The van der Waals surface area contributed by atoms with E-state index in [9.17, 15) is 19.2 Å². The minimum Gasteiger partial charge on any atom is -0.368 e. The molecule has 4 bridgehead atoms. The number of amides is 4. The number of carbonyl (C=O) groups excluding carboxylic acids is 4. The molecule has 0 spiro atoms. The minimum atomic E-state index is -0.898. The van der Waals surface area contributed by atoms with Gasteiger partial charge in [-0.25, -0.2) is 4.68 Å². The van der Waals surface area contributed by atoms with Gasteiger partial charge in [-0.05, 0) is 24.3 Å². The summed E-state index contributed by atoms with van der Waals surface area (Å²) in [7, 11) is 0. The zero-order valence-corrected chi connectivity index (χ0v) is 22.2. The van der Waals surface area contributed by atoms with Gasteiger partial charge in [0.15, 0.2) is 0 Å². The molecule has 5 rings (SSSR count). The van der Waals surface area contributed by atoms with Crippen LogP contribution in [0.15, 0.2) is 36.5 Å². The van der Waals surface area contributed by atoms with Crippen molar-refractivity contribution in [2.24, 2.45) is 5.92 Å². The molecule has 12 heteroatoms. The van der Waals surface area contributed by atoms with Crippen molar-refractivity contribution < 1.29 is 23.9 Å². The van der Waals surface area contributed by atoms with E-state index in [1.54, 1.807) is 15.8 Å². The number of rotatable bonds is 4. The first-order chi connectivity index (χ1) is 18.8. The fraction of sp³-hybridized carbons (Fsp3) is 0.556. The van der Waals surface area contributed by atoms with Gasteiger partial charge in [0, 0.05) is 26.0 Å². The summed E-state index contributed by atoms with van der Waals surface area (Å²) >= 11 is 0. The second-order valence-corrected chi connectivity index (χ2v) is 10.8. The second-order valence-electron chi connectivity index (χ2n) is 10.8. The smallest absolute Gasteiger partial charge is 0.252 e. The quantitative estimate of drug-likeness (QED) is 0.501. The third-order valence-corrected chi connectivity index (χ3v) is 7.61. The predicted molar refractivity (Wildman–Crippen MR) is 139 cm³/mol. The van der Waals surface area contributed by atoms with Crippen molar-refractivity contribution in [3.63, 3.8) is 0 Å². The van der Waals surface area contributed by atoms with Gasteiger partial charge in [-0.3, -0.25) is 19.2 Å². The third kappa shape index (κ3) is 5.95. The Labute approximate surface area is 226 Å². The lowest BCUT2D eigenvalue weighted by atomic mass is 10.00. The molecule has 2 aromatic rings. The Morgan fingerprint density at radius 3 is 2.62 bits per heavy atom. The van der Waals surface area contributed by atoms with Crippen LogP contribution >= 0.6 is 0 Å². The van der Waals surface area contributed by atoms with E-state index in [2.05, 4.69) is 26.3 Å². The van der Waals surface area contributed by atoms with Crippen LogP contribution in [0.5, 0.6) is 0 Å². The van der Waals surface area contributed by atoms with Gasteiger partial charge in [-0.15, -0.1) is 5.10 Å². The first-order valence-corrected chi connectivity index (χ1v) is 13.6. The van der Waals surface area contributed by atoms with Crippen molar-refractivity contribution in [2.45, 2.75) is 76.3 Å². The molecule has 3 aliphatic rings. The number of benzene rings is 1. The number of aromatic nitrogens is 3. The lowest BCUT2D eigenvalue weighted by Gasteiger charge is -2.29. The largest absolute Gasteiger partial charge is 0.368 e. The molecule has 0 radical (unpaired) electrons. The zero-order chi connectivity index (χ0) is 27.5. The van der Waals surface area contributed by atoms with Crippen LogP contribution in [0, 0.1) is 5.92 Å². The summed E-state index contributed by atoms with van der Waals surface area (Å²) in [4.78, 5) is 55.3. The van der Waals surface area contributed by atoms with Gasteiger partial charge in [-0.2, -0.15) is 0 Å². The maximum atomic E-state index is 13.6. The predicted octanol–water partition coefficient (Wildman–Crippen LogP) is 0.0972. The molecule has 4 amide bonds. The third-order valence-electron chi connectivity index (χ3n) is 7.61. The second kappa shape index (κ2) is 11.5. The molecule has 12 nitrogen and oxygen atoms in total. The van der Waals surface area contributed by atoms with E-state index >= 15 is 0 Å². The van der Waals surface area contributed by atoms with E-state index in [1.165, 1.54) is 0 Å². The van der Waals surface area contributed by atoms with Crippen molar-refractivity contribution in [3.8, 4) is 0 Å². The van der Waals surface area contributed by atoms with E-state index in [0.717, 1.165) is 12.0 Å². The molecule has 3 N–H and O–H groups in total. The van der Waals surface area contributed by atoms with Crippen LogP contribution in [0.4, 0.5) is 0 Å². The summed E-state index contributed by atoms with van der Waals surface area (Å²) in [5.41, 5.74) is 1.42. The standard InChI is InChI=1S/C27H35N7O5/c1-16(2)23-26(37)29-20(11-17-7-4-3-5-8-17)24(35)28-13-18-14-34(32-31-18)19-12-21(25(36)30-23)33(15-19)27(38)22-9-6-10-39-22/h3-5,7-8,14,16,19-23H,6,9-13,15H2,1-2H3,(H,28,35)(H,29,37)(H,30,36)/t19-,20+,21-,22+,23-/m0/s1. The van der Waals surface area contributed by atoms with Crippen molar-refractivity contribution in [1.29, 1.82) is 0 Å². The highest BCUT2D eigenvalue weighted by Crippen LogP contribution is 2.30. The number of hydrogen-bond acceptors (Lipinski definition) is 7. The Morgan fingerprint density at radius 1 is 1.10 bits per heavy atom. The molecule has 4 heterocycles. The molecule has 1 aromatic carbocycles. The van der Waals surface area contributed by atoms with Gasteiger partial charge < -0.3 is 25.6 Å². The molecule has 2 saturated heterocycles. The summed E-state index contributed by atoms with van der Waals surface area (Å²) in [6.45, 7) is 4.56. The van der Waals surface area contributed by atoms with Crippen molar-refractivity contribution in [3.05, 3.63) is 47.8 Å². The highest BCUT2D eigenvalue weighted by atomic mass is 16.5. The van der Waals surface area contributed by atoms with E-state index in [0.29, 0.717) is 25.1 Å². The van der Waals surface area contributed by atoms with Gasteiger partial charge >= 0.3 is 0 Å². The SMILES string of the molecule is CC(C)[C@@H]1NC(=O)[C@@H]2C[C@@H](CN2C(=O)[C@H]2CCCO2)n2cc(nn2)CNC(=O)[C@@H](Cc2ccccc2)NC1=O. The number of hydrogen-bond donors (Lipinski definition) is 3. The molecule has 0 aliphatic carbocycles. The average molecular weight is 538 g/mol. The van der Waals surface area contributed by atoms with Crippen LogP contribution in [-0.2, 0) is 36.9 Å². The lowest BCUT2D eigenvalue weighted by Crippen LogP contribution is -2.58. The Hall–Kier alpha value is -3.80. The number of nitrogens with one attached hydrogen (secondary N) is 3. The van der Waals surface area contributed by atoms with Crippen LogP contribution in [-0.4, -0.2) is 80.9 Å². The molecule has 5 atom stereocenters. The summed E-state index contributed by atoms with van der Waals surface area (Å²) in [6, 6.07) is 6.55. The van der Waals surface area contributed by atoms with Crippen LogP contribution < -0.4 is 16.0 Å². The van der Waals surface area contributed by atoms with Gasteiger partial charge in [-0.1, -0.05) is 49.4 Å². The zero-order valence-electron chi connectivity index (χ0n) is 22.2. The van der Waals surface area contributed by atoms with Gasteiger partial charge in [0.05, 0.1) is 18.8 Å². The highest BCUT2D eigenvalue weighted by Gasteiger charge is 2.44. The summed E-state index contributed by atoms with van der Waals surface area (Å²) in [6.07, 6.45) is 3.15. The molecule has 0 saturated carbocycles. The topological polar surface area (TPSA) is 148 Å². The monoisotopic (exact) mass is 537 g/mol. The molecule has 2 fully saturated rings. The fourth-order valence-corrected chi connectivity index (χ4v) is 5.43. The van der Waals surface area contributed by atoms with Crippen LogP contribution in [0.25, 0.3) is 0 Å². The Bertz CT molecular complexity index is 1210. The van der Waals surface area contributed by atoms with Crippen molar-refractivity contribution in [1.82, 2.24) is 35.8 Å². The van der Waals surface area contributed by atoms with Crippen LogP contribution in [0.3, 0.4) is 0 Å². The number of carbonyl (C=O) groups is 4. The normalized spacial score (nSPS) is 27.9. The average Bonchev–Trinajstić information content (AvgIpc) is 3.70. The van der Waals surface area contributed by atoms with Crippen LogP contribution in [0.2, 0.25) is 0 Å².